The Morgan fingerprint density at radius 1 is 0.824 bits per heavy atom. The van der Waals surface area contributed by atoms with Crippen LogP contribution in [0.4, 0.5) is 5.69 Å². The molecule has 3 aromatic rings. The Labute approximate surface area is 200 Å². The van der Waals surface area contributed by atoms with Crippen molar-refractivity contribution >= 4 is 17.5 Å². The largest absolute Gasteiger partial charge is 0.494 e. The van der Waals surface area contributed by atoms with Gasteiger partial charge in [-0.1, -0.05) is 68.8 Å². The summed E-state index contributed by atoms with van der Waals surface area (Å²) in [4.78, 5) is 29.5. The molecule has 1 aliphatic heterocycles. The zero-order valence-electron chi connectivity index (χ0n) is 19.7. The van der Waals surface area contributed by atoms with Gasteiger partial charge in [-0.05, 0) is 59.4 Å². The van der Waals surface area contributed by atoms with Crippen LogP contribution >= 0.6 is 0 Å². The quantitative estimate of drug-likeness (QED) is 0.350. The highest BCUT2D eigenvalue weighted by atomic mass is 16.5. The van der Waals surface area contributed by atoms with Gasteiger partial charge in [-0.2, -0.15) is 0 Å². The number of hydrogen-bond acceptors (Lipinski definition) is 3. The fourth-order valence-corrected chi connectivity index (χ4v) is 6.81. The monoisotopic (exact) mass is 451 g/mol. The lowest BCUT2D eigenvalue weighted by atomic mass is 9.46. The van der Waals surface area contributed by atoms with Crippen LogP contribution in [0.25, 0.3) is 0 Å². The van der Waals surface area contributed by atoms with Crippen molar-refractivity contribution in [3.05, 3.63) is 95.1 Å². The molecule has 2 amide bonds. The maximum absolute atomic E-state index is 14.1. The minimum absolute atomic E-state index is 0.0782. The van der Waals surface area contributed by atoms with Gasteiger partial charge in [0.1, 0.15) is 5.75 Å². The molecule has 7 rings (SSSR count). The molecule has 0 spiro atoms. The zero-order chi connectivity index (χ0) is 23.4. The minimum Gasteiger partial charge on any atom is -0.494 e. The number of nitrogens with zero attached hydrogens (tertiary/aromatic N) is 1. The molecule has 0 saturated carbocycles. The molecule has 1 saturated heterocycles. The lowest BCUT2D eigenvalue weighted by Gasteiger charge is -2.54. The number of imide groups is 1. The number of unbranched alkanes of at least 4 members (excludes halogenated alkanes) is 1. The SMILES string of the molecule is CCCCOc1ccc(N2C(=O)[C@@H]3C4c5ccccc5C(CC)(c5ccccc54)[C@H]3C2=O)cc1. The van der Waals surface area contributed by atoms with Gasteiger partial charge in [-0.3, -0.25) is 9.59 Å². The molecule has 3 aliphatic carbocycles. The van der Waals surface area contributed by atoms with Crippen LogP contribution in [0.3, 0.4) is 0 Å². The van der Waals surface area contributed by atoms with E-state index in [1.807, 2.05) is 24.3 Å². The molecule has 4 heteroatoms. The summed E-state index contributed by atoms with van der Waals surface area (Å²) >= 11 is 0. The minimum atomic E-state index is -0.489. The number of ether oxygens (including phenoxy) is 1. The Morgan fingerprint density at radius 2 is 1.44 bits per heavy atom. The molecular formula is C30H29NO3. The van der Waals surface area contributed by atoms with Crippen molar-refractivity contribution < 1.29 is 14.3 Å². The van der Waals surface area contributed by atoms with E-state index in [0.29, 0.717) is 12.3 Å². The highest BCUT2D eigenvalue weighted by Gasteiger charge is 2.67. The molecule has 1 fully saturated rings. The molecule has 0 unspecified atom stereocenters. The molecule has 0 radical (unpaired) electrons. The van der Waals surface area contributed by atoms with Crippen molar-refractivity contribution in [1.29, 1.82) is 0 Å². The first-order chi connectivity index (χ1) is 16.6. The van der Waals surface area contributed by atoms with Crippen molar-refractivity contribution in [2.75, 3.05) is 11.5 Å². The van der Waals surface area contributed by atoms with E-state index in [1.165, 1.54) is 27.2 Å². The van der Waals surface area contributed by atoms with E-state index in [-0.39, 0.29) is 29.6 Å². The van der Waals surface area contributed by atoms with Crippen molar-refractivity contribution in [2.45, 2.75) is 44.4 Å². The van der Waals surface area contributed by atoms with Crippen LogP contribution in [0, 0.1) is 11.8 Å². The van der Waals surface area contributed by atoms with Crippen molar-refractivity contribution in [3.8, 4) is 5.75 Å². The average molecular weight is 452 g/mol. The summed E-state index contributed by atoms with van der Waals surface area (Å²) in [5.41, 5.74) is 4.97. The van der Waals surface area contributed by atoms with Crippen LogP contribution in [0.15, 0.2) is 72.8 Å². The molecule has 34 heavy (non-hydrogen) atoms. The van der Waals surface area contributed by atoms with E-state index in [9.17, 15) is 9.59 Å². The van der Waals surface area contributed by atoms with Gasteiger partial charge in [-0.25, -0.2) is 4.90 Å². The van der Waals surface area contributed by atoms with Crippen LogP contribution in [0.2, 0.25) is 0 Å². The highest BCUT2D eigenvalue weighted by Crippen LogP contribution is 2.65. The summed E-state index contributed by atoms with van der Waals surface area (Å²) in [5, 5.41) is 0. The first-order valence-corrected chi connectivity index (χ1v) is 12.4. The molecule has 172 valence electrons. The van der Waals surface area contributed by atoms with Gasteiger partial charge in [0.25, 0.3) is 0 Å². The maximum Gasteiger partial charge on any atom is 0.238 e. The molecule has 1 heterocycles. The van der Waals surface area contributed by atoms with E-state index in [2.05, 4.69) is 62.4 Å². The fraction of sp³-hybridized carbons (Fsp3) is 0.333. The van der Waals surface area contributed by atoms with Crippen LogP contribution < -0.4 is 9.64 Å². The van der Waals surface area contributed by atoms with E-state index in [0.717, 1.165) is 25.0 Å². The summed E-state index contributed by atoms with van der Waals surface area (Å²) in [6.45, 7) is 4.95. The third-order valence-corrected chi connectivity index (χ3v) is 8.21. The number of rotatable bonds is 6. The second kappa shape index (κ2) is 7.83. The Hall–Kier alpha value is -3.40. The predicted octanol–water partition coefficient (Wildman–Crippen LogP) is 5.83. The van der Waals surface area contributed by atoms with Gasteiger partial charge in [0.15, 0.2) is 0 Å². The van der Waals surface area contributed by atoms with E-state index in [1.54, 1.807) is 0 Å². The number of anilines is 1. The van der Waals surface area contributed by atoms with Crippen LogP contribution in [-0.4, -0.2) is 18.4 Å². The summed E-state index contributed by atoms with van der Waals surface area (Å²) in [5.74, 6) is -0.257. The van der Waals surface area contributed by atoms with Gasteiger partial charge >= 0.3 is 0 Å². The average Bonchev–Trinajstić information content (AvgIpc) is 3.15. The fourth-order valence-electron chi connectivity index (χ4n) is 6.81. The number of carbonyl (C=O) groups excluding carboxylic acids is 2. The molecule has 3 aromatic carbocycles. The second-order valence-electron chi connectivity index (χ2n) is 9.69. The van der Waals surface area contributed by atoms with E-state index < -0.39 is 5.41 Å². The Bertz CT molecular complexity index is 1230. The summed E-state index contributed by atoms with van der Waals surface area (Å²) in [7, 11) is 0. The van der Waals surface area contributed by atoms with Crippen molar-refractivity contribution in [2.24, 2.45) is 11.8 Å². The Balaban J connectivity index is 1.46. The van der Waals surface area contributed by atoms with Gasteiger partial charge in [0, 0.05) is 11.3 Å². The highest BCUT2D eigenvalue weighted by molar-refractivity contribution is 6.23. The van der Waals surface area contributed by atoms with Crippen molar-refractivity contribution in [1.82, 2.24) is 0 Å². The van der Waals surface area contributed by atoms with Crippen LogP contribution in [0.5, 0.6) is 5.75 Å². The molecule has 2 bridgehead atoms. The number of carbonyl (C=O) groups is 2. The molecule has 4 nitrogen and oxygen atoms in total. The summed E-state index contributed by atoms with van der Waals surface area (Å²) < 4.78 is 5.79. The maximum atomic E-state index is 14.1. The summed E-state index contributed by atoms with van der Waals surface area (Å²) in [6, 6.07) is 24.3. The lowest BCUT2D eigenvalue weighted by molar-refractivity contribution is -0.123. The first-order valence-electron chi connectivity index (χ1n) is 12.4. The van der Waals surface area contributed by atoms with E-state index >= 15 is 0 Å². The van der Waals surface area contributed by atoms with E-state index in [4.69, 9.17) is 4.74 Å². The van der Waals surface area contributed by atoms with Gasteiger partial charge in [-0.15, -0.1) is 0 Å². The standard InChI is InChI=1S/C30H29NO3/c1-3-5-18-34-20-16-14-19(15-17-20)31-28(32)26-25-21-10-6-8-12-23(21)30(4-2,27(26)29(31)33)24-13-9-7-11-22(24)25/h6-17,25-27H,3-5,18H2,1-2H3/t25?,26-,27-,30?/m1/s1. The third-order valence-electron chi connectivity index (χ3n) is 8.21. The lowest BCUT2D eigenvalue weighted by Crippen LogP contribution is -2.53. The van der Waals surface area contributed by atoms with Gasteiger partial charge < -0.3 is 4.74 Å². The number of benzene rings is 3. The molecule has 4 aliphatic rings. The Morgan fingerprint density at radius 3 is 2.03 bits per heavy atom. The molecular weight excluding hydrogens is 422 g/mol. The number of amides is 2. The van der Waals surface area contributed by atoms with Crippen LogP contribution in [-0.2, 0) is 15.0 Å². The molecule has 2 atom stereocenters. The van der Waals surface area contributed by atoms with Crippen molar-refractivity contribution in [3.63, 3.8) is 0 Å². The first kappa shape index (κ1) is 21.2. The third kappa shape index (κ3) is 2.65. The zero-order valence-corrected chi connectivity index (χ0v) is 19.7. The predicted molar refractivity (Wildman–Crippen MR) is 132 cm³/mol. The number of hydrogen-bond donors (Lipinski definition) is 0. The van der Waals surface area contributed by atoms with Gasteiger partial charge in [0.2, 0.25) is 11.8 Å². The normalized spacial score (nSPS) is 26.3. The molecule has 0 N–H and O–H groups in total. The summed E-state index contributed by atoms with van der Waals surface area (Å²) in [6.07, 6.45) is 2.84. The smallest absolute Gasteiger partial charge is 0.238 e. The topological polar surface area (TPSA) is 46.6 Å². The van der Waals surface area contributed by atoms with Gasteiger partial charge in [0.05, 0.1) is 24.1 Å². The molecule has 0 aromatic heterocycles. The van der Waals surface area contributed by atoms with Crippen LogP contribution in [0.1, 0.15) is 61.3 Å². The second-order valence-corrected chi connectivity index (χ2v) is 9.69. The Kier molecular flexibility index (Phi) is 4.87.